The molecule has 0 radical (unpaired) electrons. The standard InChI is InChI=1S/C27H30N6O2/c1-16-24(17(2)33-32-16)18-8-10-20(11-9-18)30-27(35)25(19-6-4-3-5-7-19)31-26(34)22-14-29-23-15-28-13-12-21(22)23/h8-15,19,25,29H,3-7H2,1-2H3,(H,30,35)(H,31,34)(H,32,33)/t25-/m0/s1. The third-order valence-electron chi connectivity index (χ3n) is 6.99. The molecule has 8 heteroatoms. The van der Waals surface area contributed by atoms with Gasteiger partial charge in [-0.2, -0.15) is 5.10 Å². The van der Waals surface area contributed by atoms with Crippen LogP contribution < -0.4 is 10.6 Å². The van der Waals surface area contributed by atoms with E-state index in [1.165, 1.54) is 6.42 Å². The topological polar surface area (TPSA) is 116 Å². The van der Waals surface area contributed by atoms with Gasteiger partial charge in [-0.05, 0) is 56.4 Å². The fourth-order valence-corrected chi connectivity index (χ4v) is 5.16. The summed E-state index contributed by atoms with van der Waals surface area (Å²) < 4.78 is 0. The lowest BCUT2D eigenvalue weighted by molar-refractivity contribution is -0.119. The lowest BCUT2D eigenvalue weighted by atomic mass is 9.83. The van der Waals surface area contributed by atoms with Crippen molar-refractivity contribution in [2.45, 2.75) is 52.0 Å². The summed E-state index contributed by atoms with van der Waals surface area (Å²) in [5.74, 6) is -0.334. The summed E-state index contributed by atoms with van der Waals surface area (Å²) in [4.78, 5) is 33.9. The van der Waals surface area contributed by atoms with Crippen molar-refractivity contribution >= 4 is 28.4 Å². The van der Waals surface area contributed by atoms with Crippen LogP contribution in [0.4, 0.5) is 5.69 Å². The molecular formula is C27H30N6O2. The summed E-state index contributed by atoms with van der Waals surface area (Å²) in [5, 5.41) is 14.1. The fourth-order valence-electron chi connectivity index (χ4n) is 5.16. The number of carbonyl (C=O) groups excluding carboxylic acids is 2. The Morgan fingerprint density at radius 2 is 1.83 bits per heavy atom. The molecule has 4 aromatic rings. The minimum atomic E-state index is -0.604. The van der Waals surface area contributed by atoms with E-state index < -0.39 is 6.04 Å². The number of aryl methyl sites for hydroxylation is 2. The molecule has 2 amide bonds. The van der Waals surface area contributed by atoms with Crippen molar-refractivity contribution in [2.75, 3.05) is 5.32 Å². The van der Waals surface area contributed by atoms with Crippen molar-refractivity contribution in [1.82, 2.24) is 25.5 Å². The largest absolute Gasteiger partial charge is 0.359 e. The van der Waals surface area contributed by atoms with Crippen molar-refractivity contribution in [3.05, 3.63) is 65.9 Å². The van der Waals surface area contributed by atoms with Crippen LogP contribution in [0.3, 0.4) is 0 Å². The second-order valence-corrected chi connectivity index (χ2v) is 9.35. The van der Waals surface area contributed by atoms with Crippen LogP contribution in [0.1, 0.15) is 53.8 Å². The van der Waals surface area contributed by atoms with E-state index in [0.717, 1.165) is 59.1 Å². The molecule has 3 aromatic heterocycles. The smallest absolute Gasteiger partial charge is 0.254 e. The first-order valence-corrected chi connectivity index (χ1v) is 12.2. The maximum absolute atomic E-state index is 13.4. The van der Waals surface area contributed by atoms with E-state index in [1.807, 2.05) is 38.1 Å². The van der Waals surface area contributed by atoms with Gasteiger partial charge in [-0.25, -0.2) is 0 Å². The van der Waals surface area contributed by atoms with E-state index in [0.29, 0.717) is 11.3 Å². The molecule has 4 N–H and O–H groups in total. The quantitative estimate of drug-likeness (QED) is 0.321. The van der Waals surface area contributed by atoms with Gasteiger partial charge in [0.25, 0.3) is 5.91 Å². The van der Waals surface area contributed by atoms with Gasteiger partial charge in [0.05, 0.1) is 23.0 Å². The SMILES string of the molecule is Cc1n[nH]c(C)c1-c1ccc(NC(=O)[C@@H](NC(=O)c2c[nH]c3cnccc23)C2CCCCC2)cc1. The lowest BCUT2D eigenvalue weighted by Crippen LogP contribution is -2.49. The Kier molecular flexibility index (Phi) is 6.35. The molecule has 0 bridgehead atoms. The van der Waals surface area contributed by atoms with Crippen LogP contribution in [0.2, 0.25) is 0 Å². The average molecular weight is 471 g/mol. The molecule has 3 heterocycles. The number of H-pyrrole nitrogens is 2. The number of aromatic nitrogens is 4. The Hall–Kier alpha value is -3.94. The van der Waals surface area contributed by atoms with E-state index in [9.17, 15) is 9.59 Å². The number of hydrogen-bond acceptors (Lipinski definition) is 4. The van der Waals surface area contributed by atoms with Crippen LogP contribution in [0, 0.1) is 19.8 Å². The molecule has 1 aliphatic rings. The third kappa shape index (κ3) is 4.69. The number of hydrogen-bond donors (Lipinski definition) is 4. The van der Waals surface area contributed by atoms with Gasteiger partial charge in [-0.15, -0.1) is 0 Å². The van der Waals surface area contributed by atoms with Crippen molar-refractivity contribution in [3.63, 3.8) is 0 Å². The number of amides is 2. The highest BCUT2D eigenvalue weighted by atomic mass is 16.2. The monoisotopic (exact) mass is 470 g/mol. The van der Waals surface area contributed by atoms with Gasteiger partial charge in [0.2, 0.25) is 5.91 Å². The summed E-state index contributed by atoms with van der Waals surface area (Å²) in [7, 11) is 0. The highest BCUT2D eigenvalue weighted by molar-refractivity contribution is 6.08. The lowest BCUT2D eigenvalue weighted by Gasteiger charge is -2.30. The number of carbonyl (C=O) groups is 2. The first kappa shape index (κ1) is 22.8. The number of pyridine rings is 1. The molecule has 0 unspecified atom stereocenters. The number of rotatable bonds is 6. The predicted octanol–water partition coefficient (Wildman–Crippen LogP) is 4.89. The Labute approximate surface area is 203 Å². The highest BCUT2D eigenvalue weighted by Crippen LogP contribution is 2.29. The molecule has 180 valence electrons. The van der Waals surface area contributed by atoms with Crippen LogP contribution >= 0.6 is 0 Å². The molecule has 1 saturated carbocycles. The van der Waals surface area contributed by atoms with Gasteiger partial charge in [-0.1, -0.05) is 31.4 Å². The van der Waals surface area contributed by atoms with Gasteiger partial charge in [0.15, 0.2) is 0 Å². The molecule has 1 aromatic carbocycles. The summed E-state index contributed by atoms with van der Waals surface area (Å²) in [6.07, 6.45) is 10.2. The maximum Gasteiger partial charge on any atom is 0.254 e. The van der Waals surface area contributed by atoms with Crippen LogP contribution in [-0.2, 0) is 4.79 Å². The molecule has 1 aliphatic carbocycles. The zero-order chi connectivity index (χ0) is 24.4. The van der Waals surface area contributed by atoms with Gasteiger partial charge in [0.1, 0.15) is 6.04 Å². The summed E-state index contributed by atoms with van der Waals surface area (Å²) in [6.45, 7) is 3.96. The Morgan fingerprint density at radius 1 is 1.06 bits per heavy atom. The van der Waals surface area contributed by atoms with E-state index in [4.69, 9.17) is 0 Å². The minimum Gasteiger partial charge on any atom is -0.359 e. The molecule has 1 fully saturated rings. The molecule has 0 saturated heterocycles. The zero-order valence-corrected chi connectivity index (χ0v) is 20.0. The number of fused-ring (bicyclic) bond motifs is 1. The maximum atomic E-state index is 13.4. The van der Waals surface area contributed by atoms with Gasteiger partial charge in [-0.3, -0.25) is 19.7 Å². The Morgan fingerprint density at radius 3 is 2.54 bits per heavy atom. The predicted molar refractivity (Wildman–Crippen MR) is 136 cm³/mol. The first-order chi connectivity index (χ1) is 17.0. The summed E-state index contributed by atoms with van der Waals surface area (Å²) in [5.41, 5.74) is 6.07. The van der Waals surface area contributed by atoms with Gasteiger partial charge in [0, 0.05) is 34.7 Å². The Balaban J connectivity index is 1.35. The normalized spacial score (nSPS) is 15.1. The van der Waals surface area contributed by atoms with Crippen molar-refractivity contribution in [3.8, 4) is 11.1 Å². The van der Waals surface area contributed by atoms with Crippen LogP contribution in [0.15, 0.2) is 48.9 Å². The van der Waals surface area contributed by atoms with Crippen molar-refractivity contribution in [2.24, 2.45) is 5.92 Å². The average Bonchev–Trinajstić information content (AvgIpc) is 3.46. The fraction of sp³-hybridized carbons (Fsp3) is 0.333. The number of anilines is 1. The van der Waals surface area contributed by atoms with E-state index in [1.54, 1.807) is 24.7 Å². The second kappa shape index (κ2) is 9.74. The third-order valence-corrected chi connectivity index (χ3v) is 6.99. The molecular weight excluding hydrogens is 440 g/mol. The molecule has 1 atom stereocenters. The van der Waals surface area contributed by atoms with E-state index >= 15 is 0 Å². The Bertz CT molecular complexity index is 1330. The number of aromatic amines is 2. The van der Waals surface area contributed by atoms with E-state index in [2.05, 4.69) is 30.8 Å². The molecule has 0 spiro atoms. The second-order valence-electron chi connectivity index (χ2n) is 9.35. The highest BCUT2D eigenvalue weighted by Gasteiger charge is 2.32. The van der Waals surface area contributed by atoms with Gasteiger partial charge < -0.3 is 15.6 Å². The minimum absolute atomic E-state index is 0.107. The molecule has 35 heavy (non-hydrogen) atoms. The number of nitrogens with zero attached hydrogens (tertiary/aromatic N) is 2. The molecule has 8 nitrogen and oxygen atoms in total. The first-order valence-electron chi connectivity index (χ1n) is 12.2. The number of nitrogens with one attached hydrogen (secondary N) is 4. The van der Waals surface area contributed by atoms with Gasteiger partial charge >= 0.3 is 0 Å². The zero-order valence-electron chi connectivity index (χ0n) is 20.0. The van der Waals surface area contributed by atoms with Crippen molar-refractivity contribution < 1.29 is 9.59 Å². The number of benzene rings is 1. The van der Waals surface area contributed by atoms with Crippen molar-refractivity contribution in [1.29, 1.82) is 0 Å². The van der Waals surface area contributed by atoms with Crippen LogP contribution in [0.5, 0.6) is 0 Å². The van der Waals surface area contributed by atoms with Crippen LogP contribution in [-0.4, -0.2) is 38.0 Å². The summed E-state index contributed by atoms with van der Waals surface area (Å²) in [6, 6.07) is 8.95. The molecule has 5 rings (SSSR count). The summed E-state index contributed by atoms with van der Waals surface area (Å²) >= 11 is 0. The van der Waals surface area contributed by atoms with Crippen LogP contribution in [0.25, 0.3) is 22.0 Å². The van der Waals surface area contributed by atoms with E-state index in [-0.39, 0.29) is 17.7 Å². The molecule has 0 aliphatic heterocycles.